The van der Waals surface area contributed by atoms with Crippen LogP contribution in [-0.2, 0) is 0 Å². The number of hydrogen-bond acceptors (Lipinski definition) is 3. The number of hydroxylamine groups is 2. The quantitative estimate of drug-likeness (QED) is 0.806. The maximum absolute atomic E-state index is 10.4. The molecule has 17 heavy (non-hydrogen) atoms. The van der Waals surface area contributed by atoms with Crippen molar-refractivity contribution >= 4 is 0 Å². The zero-order chi connectivity index (χ0) is 11.7. The highest BCUT2D eigenvalue weighted by Crippen LogP contribution is 2.34. The Bertz CT molecular complexity index is 368. The van der Waals surface area contributed by atoms with Crippen molar-refractivity contribution in [3.8, 4) is 0 Å². The van der Waals surface area contributed by atoms with Crippen molar-refractivity contribution in [1.29, 1.82) is 0 Å². The van der Waals surface area contributed by atoms with Gasteiger partial charge in [-0.15, -0.1) is 0 Å². The van der Waals surface area contributed by atoms with Gasteiger partial charge >= 0.3 is 0 Å². The predicted molar refractivity (Wildman–Crippen MR) is 66.6 cm³/mol. The van der Waals surface area contributed by atoms with Crippen LogP contribution < -0.4 is 0 Å². The molecule has 92 valence electrons. The van der Waals surface area contributed by atoms with Gasteiger partial charge in [0.2, 0.25) is 0 Å². The van der Waals surface area contributed by atoms with E-state index in [4.69, 9.17) is 0 Å². The van der Waals surface area contributed by atoms with Gasteiger partial charge in [-0.25, -0.2) is 0 Å². The molecule has 3 nitrogen and oxygen atoms in total. The number of rotatable bonds is 1. The molecule has 1 aromatic carbocycles. The van der Waals surface area contributed by atoms with E-state index in [1.807, 2.05) is 18.2 Å². The molecule has 1 aromatic rings. The van der Waals surface area contributed by atoms with Gasteiger partial charge in [0.05, 0.1) is 12.2 Å². The normalized spacial score (nSPS) is 31.1. The van der Waals surface area contributed by atoms with Crippen LogP contribution in [0.3, 0.4) is 0 Å². The summed E-state index contributed by atoms with van der Waals surface area (Å²) in [4.78, 5) is 2.44. The van der Waals surface area contributed by atoms with E-state index >= 15 is 0 Å². The lowest BCUT2D eigenvalue weighted by Gasteiger charge is -2.25. The molecule has 0 aliphatic carbocycles. The molecule has 3 rings (SSSR count). The average Bonchev–Trinajstić information content (AvgIpc) is 2.56. The molecule has 0 saturated carbocycles. The van der Waals surface area contributed by atoms with Gasteiger partial charge in [0, 0.05) is 6.54 Å². The Morgan fingerprint density at radius 2 is 1.88 bits per heavy atom. The Morgan fingerprint density at radius 3 is 2.71 bits per heavy atom. The molecule has 2 saturated heterocycles. The monoisotopic (exact) mass is 232 g/mol. The highest BCUT2D eigenvalue weighted by molar-refractivity contribution is 5.20. The van der Waals surface area contributed by atoms with Crippen LogP contribution in [0.2, 0.25) is 0 Å². The minimum atomic E-state index is 0.152. The second-order valence-corrected chi connectivity index (χ2v) is 5.13. The number of nitrogens with zero attached hydrogens (tertiary/aromatic N) is 2. The summed E-state index contributed by atoms with van der Waals surface area (Å²) >= 11 is 0. The average molecular weight is 232 g/mol. The number of fused-ring (bicyclic) bond motifs is 1. The summed E-state index contributed by atoms with van der Waals surface area (Å²) in [6, 6.07) is 10.5. The number of hydrogen-bond donors (Lipinski definition) is 1. The lowest BCUT2D eigenvalue weighted by atomic mass is 10.1. The van der Waals surface area contributed by atoms with Crippen molar-refractivity contribution in [2.24, 2.45) is 0 Å². The molecule has 0 amide bonds. The fourth-order valence-corrected chi connectivity index (χ4v) is 3.11. The van der Waals surface area contributed by atoms with E-state index in [9.17, 15) is 5.21 Å². The first kappa shape index (κ1) is 11.2. The van der Waals surface area contributed by atoms with Gasteiger partial charge in [-0.3, -0.25) is 4.90 Å². The van der Waals surface area contributed by atoms with Crippen molar-refractivity contribution < 1.29 is 5.21 Å². The Balaban J connectivity index is 1.81. The van der Waals surface area contributed by atoms with Crippen molar-refractivity contribution in [3.05, 3.63) is 35.9 Å². The van der Waals surface area contributed by atoms with Gasteiger partial charge in [-0.1, -0.05) is 43.2 Å². The fraction of sp³-hybridized carbons (Fsp3) is 0.571. The summed E-state index contributed by atoms with van der Waals surface area (Å²) < 4.78 is 0. The number of benzene rings is 1. The second-order valence-electron chi connectivity index (χ2n) is 5.13. The first-order valence-electron chi connectivity index (χ1n) is 6.62. The highest BCUT2D eigenvalue weighted by atomic mass is 16.5. The van der Waals surface area contributed by atoms with Crippen LogP contribution in [0, 0.1) is 0 Å². The van der Waals surface area contributed by atoms with Crippen LogP contribution in [0.15, 0.2) is 30.3 Å². The van der Waals surface area contributed by atoms with Crippen molar-refractivity contribution in [3.63, 3.8) is 0 Å². The van der Waals surface area contributed by atoms with Gasteiger partial charge in [-0.05, 0) is 24.9 Å². The second kappa shape index (κ2) is 4.77. The Kier molecular flexibility index (Phi) is 3.14. The zero-order valence-electron chi connectivity index (χ0n) is 10.1. The molecule has 0 aromatic heterocycles. The lowest BCUT2D eigenvalue weighted by Crippen LogP contribution is -2.36. The first-order chi connectivity index (χ1) is 8.36. The van der Waals surface area contributed by atoms with Gasteiger partial charge in [0.25, 0.3) is 0 Å². The van der Waals surface area contributed by atoms with Crippen LogP contribution in [-0.4, -0.2) is 34.4 Å². The summed E-state index contributed by atoms with van der Waals surface area (Å²) in [5.74, 6) is 0. The molecule has 0 radical (unpaired) electrons. The molecule has 3 heteroatoms. The Hall–Kier alpha value is -0.900. The Morgan fingerprint density at radius 1 is 1.06 bits per heavy atom. The van der Waals surface area contributed by atoms with Crippen LogP contribution in [0.4, 0.5) is 0 Å². The van der Waals surface area contributed by atoms with Gasteiger partial charge < -0.3 is 5.21 Å². The smallest absolute Gasteiger partial charge is 0.0873 e. The SMILES string of the molecule is ON1C(c2ccccc2)CN2CCCCCC21. The molecule has 2 heterocycles. The predicted octanol–water partition coefficient (Wildman–Crippen LogP) is 2.63. The third-order valence-electron chi connectivity index (χ3n) is 4.05. The molecule has 2 aliphatic heterocycles. The van der Waals surface area contributed by atoms with Crippen molar-refractivity contribution in [2.45, 2.75) is 37.9 Å². The lowest BCUT2D eigenvalue weighted by molar-refractivity contribution is -0.151. The Labute approximate surface area is 103 Å². The van der Waals surface area contributed by atoms with Gasteiger partial charge in [0.15, 0.2) is 0 Å². The van der Waals surface area contributed by atoms with Crippen LogP contribution >= 0.6 is 0 Å². The van der Waals surface area contributed by atoms with Gasteiger partial charge in [-0.2, -0.15) is 5.06 Å². The molecule has 0 spiro atoms. The third kappa shape index (κ3) is 2.10. The van der Waals surface area contributed by atoms with Crippen LogP contribution in [0.25, 0.3) is 0 Å². The van der Waals surface area contributed by atoms with Crippen LogP contribution in [0.5, 0.6) is 0 Å². The summed E-state index contributed by atoms with van der Waals surface area (Å²) in [5, 5.41) is 11.9. The largest absolute Gasteiger partial charge is 0.312 e. The van der Waals surface area contributed by atoms with E-state index in [0.717, 1.165) is 19.5 Å². The molecule has 2 unspecified atom stereocenters. The van der Waals surface area contributed by atoms with Crippen LogP contribution in [0.1, 0.15) is 37.3 Å². The molecule has 2 atom stereocenters. The molecule has 2 fully saturated rings. The minimum absolute atomic E-state index is 0.152. The van der Waals surface area contributed by atoms with E-state index in [2.05, 4.69) is 17.0 Å². The summed E-state index contributed by atoms with van der Waals surface area (Å²) in [5.41, 5.74) is 1.23. The van der Waals surface area contributed by atoms with Crippen molar-refractivity contribution in [1.82, 2.24) is 9.96 Å². The van der Waals surface area contributed by atoms with Gasteiger partial charge in [0.1, 0.15) is 0 Å². The maximum atomic E-state index is 10.4. The molecular formula is C14H20N2O. The zero-order valence-corrected chi connectivity index (χ0v) is 10.1. The van der Waals surface area contributed by atoms with E-state index < -0.39 is 0 Å². The maximum Gasteiger partial charge on any atom is 0.0873 e. The molecule has 0 bridgehead atoms. The molecule has 1 N–H and O–H groups in total. The summed E-state index contributed by atoms with van der Waals surface area (Å²) in [6.07, 6.45) is 5.14. The first-order valence-corrected chi connectivity index (χ1v) is 6.62. The third-order valence-corrected chi connectivity index (χ3v) is 4.05. The van der Waals surface area contributed by atoms with E-state index in [-0.39, 0.29) is 12.2 Å². The van der Waals surface area contributed by atoms with E-state index in [1.165, 1.54) is 24.8 Å². The molecular weight excluding hydrogens is 212 g/mol. The minimum Gasteiger partial charge on any atom is -0.312 e. The van der Waals surface area contributed by atoms with E-state index in [0.29, 0.717) is 0 Å². The summed E-state index contributed by atoms with van der Waals surface area (Å²) in [6.45, 7) is 2.09. The van der Waals surface area contributed by atoms with Crippen molar-refractivity contribution in [2.75, 3.05) is 13.1 Å². The topological polar surface area (TPSA) is 26.7 Å². The highest BCUT2D eigenvalue weighted by Gasteiger charge is 2.39. The van der Waals surface area contributed by atoms with E-state index in [1.54, 1.807) is 5.06 Å². The summed E-state index contributed by atoms with van der Waals surface area (Å²) in [7, 11) is 0. The molecule has 2 aliphatic rings. The standard InChI is InChI=1S/C14H20N2O/c17-16-13(12-7-3-1-4-8-12)11-15-10-6-2-5-9-14(15)16/h1,3-4,7-8,13-14,17H,2,5-6,9-11H2. The fourth-order valence-electron chi connectivity index (χ4n) is 3.11.